The quantitative estimate of drug-likeness (QED) is 0.184. The molecular weight excluding hydrogens is 508 g/mol. The molecule has 13 nitrogen and oxygen atoms in total. The zero-order chi connectivity index (χ0) is 27.7. The van der Waals surface area contributed by atoms with Crippen LogP contribution in [0.2, 0.25) is 0 Å². The summed E-state index contributed by atoms with van der Waals surface area (Å²) in [5, 5.41) is 62.3. The van der Waals surface area contributed by atoms with Gasteiger partial charge in [0.15, 0.2) is 5.43 Å². The molecule has 0 amide bonds. The minimum Gasteiger partial charge on any atom is -0.550 e. The number of rotatable bonds is 7. The van der Waals surface area contributed by atoms with E-state index in [1.807, 2.05) is 0 Å². The molecule has 0 unspecified atom stereocenters. The molecule has 0 bridgehead atoms. The molecule has 0 saturated carbocycles. The molecule has 4 rings (SSSR count). The molecule has 1 aromatic heterocycles. The maximum absolute atomic E-state index is 13.0. The zero-order valence-corrected chi connectivity index (χ0v) is 19.8. The lowest BCUT2D eigenvalue weighted by Gasteiger charge is -2.41. The van der Waals surface area contributed by atoms with Gasteiger partial charge in [0.25, 0.3) is 0 Å². The van der Waals surface area contributed by atoms with Gasteiger partial charge in [-0.15, -0.1) is 0 Å². The second-order valence-electron chi connectivity index (χ2n) is 8.53. The number of hydrogen-bond donors (Lipinski definition) is 5. The first-order valence-electron chi connectivity index (χ1n) is 11.2. The van der Waals surface area contributed by atoms with Gasteiger partial charge in [-0.3, -0.25) is 9.59 Å². The highest BCUT2D eigenvalue weighted by Gasteiger charge is 2.47. The Morgan fingerprint density at radius 1 is 1.03 bits per heavy atom. The summed E-state index contributed by atoms with van der Waals surface area (Å²) in [5.74, 6) is -3.54. The van der Waals surface area contributed by atoms with Crippen molar-refractivity contribution >= 4 is 22.9 Å². The number of phenols is 2. The Kier molecular flexibility index (Phi) is 7.55. The SMILES string of the molecule is COc1cc2oc(-c3ccc(O)cc3)cc(=O)c2c(O)c1[C@@H]1O[C@H](COC(=O)CC(=O)[O-])[C@@H](O)[C@H](O)[C@H]1O. The van der Waals surface area contributed by atoms with Crippen LogP contribution >= 0.6 is 0 Å². The molecule has 13 heteroatoms. The van der Waals surface area contributed by atoms with E-state index in [4.69, 9.17) is 18.6 Å². The largest absolute Gasteiger partial charge is 0.550 e. The van der Waals surface area contributed by atoms with E-state index >= 15 is 0 Å². The lowest BCUT2D eigenvalue weighted by molar-refractivity contribution is -0.305. The molecule has 1 aliphatic heterocycles. The van der Waals surface area contributed by atoms with Crippen LogP contribution in [0.1, 0.15) is 18.1 Å². The van der Waals surface area contributed by atoms with Crippen molar-refractivity contribution < 1.29 is 58.9 Å². The topological polar surface area (TPSA) is 216 Å². The van der Waals surface area contributed by atoms with Crippen LogP contribution < -0.4 is 15.3 Å². The number of esters is 1. The maximum atomic E-state index is 13.0. The molecule has 0 radical (unpaired) electrons. The number of fused-ring (bicyclic) bond motifs is 1. The van der Waals surface area contributed by atoms with Crippen molar-refractivity contribution in [3.05, 3.63) is 52.2 Å². The second kappa shape index (κ2) is 10.7. The Hall–Kier alpha value is -4.17. The van der Waals surface area contributed by atoms with E-state index in [9.17, 15) is 45.0 Å². The molecule has 1 saturated heterocycles. The number of aromatic hydroxyl groups is 2. The van der Waals surface area contributed by atoms with Crippen molar-refractivity contribution in [1.82, 2.24) is 0 Å². The van der Waals surface area contributed by atoms with Gasteiger partial charge in [0, 0.05) is 17.7 Å². The van der Waals surface area contributed by atoms with Crippen molar-refractivity contribution in [2.24, 2.45) is 0 Å². The summed E-state index contributed by atoms with van der Waals surface area (Å²) in [4.78, 5) is 35.1. The van der Waals surface area contributed by atoms with Crippen molar-refractivity contribution in [2.45, 2.75) is 36.9 Å². The first-order chi connectivity index (χ1) is 18.0. The van der Waals surface area contributed by atoms with Gasteiger partial charge in [0.05, 0.1) is 25.1 Å². The number of carbonyl (C=O) groups is 2. The number of aliphatic hydroxyl groups is 3. The number of aliphatic carboxylic acids is 1. The number of ether oxygens (including phenoxy) is 3. The Morgan fingerprint density at radius 2 is 1.71 bits per heavy atom. The normalized spacial score (nSPS) is 23.2. The Morgan fingerprint density at radius 3 is 2.34 bits per heavy atom. The van der Waals surface area contributed by atoms with Crippen LogP contribution in [-0.2, 0) is 19.1 Å². The third-order valence-electron chi connectivity index (χ3n) is 6.06. The number of carboxylic acids is 1. The summed E-state index contributed by atoms with van der Waals surface area (Å²) in [6.45, 7) is -0.706. The fourth-order valence-corrected chi connectivity index (χ4v) is 4.18. The van der Waals surface area contributed by atoms with Gasteiger partial charge in [-0.2, -0.15) is 0 Å². The smallest absolute Gasteiger partial charge is 0.311 e. The van der Waals surface area contributed by atoms with Gasteiger partial charge in [-0.05, 0) is 24.3 Å². The lowest BCUT2D eigenvalue weighted by atomic mass is 9.89. The average molecular weight is 531 g/mol. The van der Waals surface area contributed by atoms with Crippen molar-refractivity contribution in [2.75, 3.05) is 13.7 Å². The van der Waals surface area contributed by atoms with Crippen molar-refractivity contribution in [1.29, 1.82) is 0 Å². The van der Waals surface area contributed by atoms with Gasteiger partial charge < -0.3 is 54.1 Å². The maximum Gasteiger partial charge on any atom is 0.311 e. The van der Waals surface area contributed by atoms with E-state index in [0.717, 1.165) is 6.07 Å². The van der Waals surface area contributed by atoms with Crippen LogP contribution in [0.3, 0.4) is 0 Å². The van der Waals surface area contributed by atoms with Gasteiger partial charge in [-0.25, -0.2) is 0 Å². The molecule has 3 aromatic rings. The fourth-order valence-electron chi connectivity index (χ4n) is 4.18. The predicted molar refractivity (Wildman–Crippen MR) is 124 cm³/mol. The van der Waals surface area contributed by atoms with Gasteiger partial charge in [0.1, 0.15) is 71.1 Å². The highest BCUT2D eigenvalue weighted by atomic mass is 16.6. The minimum absolute atomic E-state index is 0.00570. The molecule has 0 spiro atoms. The van der Waals surface area contributed by atoms with E-state index in [2.05, 4.69) is 0 Å². The summed E-state index contributed by atoms with van der Waals surface area (Å²) >= 11 is 0. The monoisotopic (exact) mass is 531 g/mol. The first-order valence-corrected chi connectivity index (χ1v) is 11.2. The van der Waals surface area contributed by atoms with E-state index < -0.39 is 66.7 Å². The average Bonchev–Trinajstić information content (AvgIpc) is 2.86. The van der Waals surface area contributed by atoms with Crippen LogP contribution in [0, 0.1) is 0 Å². The summed E-state index contributed by atoms with van der Waals surface area (Å²) in [6.07, 6.45) is -9.56. The number of carbonyl (C=O) groups excluding carboxylic acids is 2. The molecule has 1 fully saturated rings. The van der Waals surface area contributed by atoms with E-state index in [1.165, 1.54) is 37.4 Å². The number of carboxylic acid groups (broad SMARTS) is 1. The highest BCUT2D eigenvalue weighted by Crippen LogP contribution is 2.45. The van der Waals surface area contributed by atoms with Gasteiger partial charge in [0.2, 0.25) is 0 Å². The fraction of sp³-hybridized carbons (Fsp3) is 0.320. The molecule has 202 valence electrons. The predicted octanol–water partition coefficient (Wildman–Crippen LogP) is -0.914. The summed E-state index contributed by atoms with van der Waals surface area (Å²) in [6, 6.07) is 8.20. The summed E-state index contributed by atoms with van der Waals surface area (Å²) in [7, 11) is 1.23. The molecule has 0 aliphatic carbocycles. The number of phenolic OH excluding ortho intramolecular Hbond substituents is 2. The third kappa shape index (κ3) is 5.13. The second-order valence-corrected chi connectivity index (χ2v) is 8.53. The molecule has 5 atom stereocenters. The summed E-state index contributed by atoms with van der Waals surface area (Å²) in [5.41, 5.74) is -0.551. The third-order valence-corrected chi connectivity index (χ3v) is 6.06. The lowest BCUT2D eigenvalue weighted by Crippen LogP contribution is -2.55. The van der Waals surface area contributed by atoms with Crippen LogP contribution in [0.25, 0.3) is 22.3 Å². The highest BCUT2D eigenvalue weighted by molar-refractivity contribution is 5.89. The van der Waals surface area contributed by atoms with Crippen molar-refractivity contribution in [3.63, 3.8) is 0 Å². The molecule has 5 N–H and O–H groups in total. The minimum atomic E-state index is -1.85. The molecule has 2 aromatic carbocycles. The number of methoxy groups -OCH3 is 1. The van der Waals surface area contributed by atoms with Gasteiger partial charge >= 0.3 is 5.97 Å². The molecule has 2 heterocycles. The van der Waals surface area contributed by atoms with E-state index in [1.54, 1.807) is 0 Å². The standard InChI is InChI=1S/C25H24O13/c1-35-14-7-15-19(12(27)6-13(37-15)10-2-4-11(26)5-3-10)22(32)20(14)25-24(34)23(33)21(31)16(38-25)9-36-18(30)8-17(28)29/h2-7,16,21,23-26,31-34H,8-9H2,1H3,(H,28,29)/p-1/t16-,21-,23+,24-,25+/m1/s1. The molecule has 1 aliphatic rings. The summed E-state index contributed by atoms with van der Waals surface area (Å²) < 4.78 is 21.5. The molecule has 38 heavy (non-hydrogen) atoms. The zero-order valence-electron chi connectivity index (χ0n) is 19.8. The van der Waals surface area contributed by atoms with E-state index in [-0.39, 0.29) is 33.8 Å². The Balaban J connectivity index is 1.74. The Labute approximate surface area is 213 Å². The van der Waals surface area contributed by atoms with Gasteiger partial charge in [-0.1, -0.05) is 0 Å². The van der Waals surface area contributed by atoms with Crippen LogP contribution in [0.4, 0.5) is 0 Å². The first kappa shape index (κ1) is 26.9. The molecular formula is C25H23O13-. The van der Waals surface area contributed by atoms with Crippen LogP contribution in [-0.4, -0.2) is 75.6 Å². The van der Waals surface area contributed by atoms with Crippen LogP contribution in [0.5, 0.6) is 17.2 Å². The number of aliphatic hydroxyl groups excluding tert-OH is 3. The number of benzene rings is 2. The Bertz CT molecular complexity index is 1410. The van der Waals surface area contributed by atoms with Crippen LogP contribution in [0.15, 0.2) is 45.6 Å². The van der Waals surface area contributed by atoms with Crippen molar-refractivity contribution in [3.8, 4) is 28.6 Å². The van der Waals surface area contributed by atoms with E-state index in [0.29, 0.717) is 5.56 Å². The number of hydrogen-bond acceptors (Lipinski definition) is 13.